The molecule has 3 rings (SSSR count). The van der Waals surface area contributed by atoms with E-state index >= 15 is 0 Å². The number of carbonyl (C=O) groups excluding carboxylic acids is 2. The van der Waals surface area contributed by atoms with Gasteiger partial charge in [-0.1, -0.05) is 0 Å². The van der Waals surface area contributed by atoms with Gasteiger partial charge in [-0.2, -0.15) is 0 Å². The van der Waals surface area contributed by atoms with Crippen LogP contribution in [0.15, 0.2) is 42.6 Å². The number of ether oxygens (including phenoxy) is 1. The Morgan fingerprint density at radius 1 is 1.30 bits per heavy atom. The lowest BCUT2D eigenvalue weighted by atomic mass is 10.1. The fourth-order valence-electron chi connectivity index (χ4n) is 2.54. The maximum atomic E-state index is 12.0. The summed E-state index contributed by atoms with van der Waals surface area (Å²) >= 11 is 0. The molecule has 1 unspecified atom stereocenters. The standard InChI is InChI=1S/C17H17N3O3/c1-12-19-17(22)15-3-2-8-18-16(15)20(12)9-10-23-14-6-4-13(11-21)5-7-14/h2-8,11-12H,9-10H2,1H3,(H,19,22). The first-order chi connectivity index (χ1) is 11.2. The number of aromatic nitrogens is 1. The minimum absolute atomic E-state index is 0.109. The van der Waals surface area contributed by atoms with Crippen molar-refractivity contribution in [2.45, 2.75) is 13.1 Å². The average molecular weight is 311 g/mol. The van der Waals surface area contributed by atoms with Crippen LogP contribution in [0.4, 0.5) is 5.82 Å². The molecule has 1 aromatic heterocycles. The number of amides is 1. The van der Waals surface area contributed by atoms with Crippen LogP contribution in [-0.4, -0.2) is 36.5 Å². The van der Waals surface area contributed by atoms with Crippen LogP contribution in [0.3, 0.4) is 0 Å². The molecular weight excluding hydrogens is 294 g/mol. The van der Waals surface area contributed by atoms with Gasteiger partial charge in [0.25, 0.3) is 5.91 Å². The predicted octanol–water partition coefficient (Wildman–Crippen LogP) is 1.87. The monoisotopic (exact) mass is 311 g/mol. The number of rotatable bonds is 5. The molecule has 6 heteroatoms. The van der Waals surface area contributed by atoms with Gasteiger partial charge >= 0.3 is 0 Å². The van der Waals surface area contributed by atoms with Crippen LogP contribution < -0.4 is 15.0 Å². The molecule has 0 spiro atoms. The average Bonchev–Trinajstić information content (AvgIpc) is 2.58. The molecule has 2 heterocycles. The van der Waals surface area contributed by atoms with E-state index in [1.54, 1.807) is 42.6 Å². The van der Waals surface area contributed by atoms with Crippen molar-refractivity contribution < 1.29 is 14.3 Å². The van der Waals surface area contributed by atoms with Gasteiger partial charge in [0.05, 0.1) is 12.1 Å². The Bertz CT molecular complexity index is 715. The zero-order valence-corrected chi connectivity index (χ0v) is 12.7. The topological polar surface area (TPSA) is 71.5 Å². The van der Waals surface area contributed by atoms with Gasteiger partial charge in [0.15, 0.2) is 0 Å². The quantitative estimate of drug-likeness (QED) is 0.854. The number of fused-ring (bicyclic) bond motifs is 1. The fourth-order valence-corrected chi connectivity index (χ4v) is 2.54. The van der Waals surface area contributed by atoms with E-state index in [2.05, 4.69) is 10.3 Å². The molecule has 0 fully saturated rings. The second-order valence-corrected chi connectivity index (χ2v) is 5.25. The third kappa shape index (κ3) is 3.15. The minimum atomic E-state index is -0.147. The van der Waals surface area contributed by atoms with Crippen molar-refractivity contribution >= 4 is 18.0 Å². The maximum absolute atomic E-state index is 12.0. The molecular formula is C17H17N3O3. The van der Waals surface area contributed by atoms with Crippen LogP contribution >= 0.6 is 0 Å². The highest BCUT2D eigenvalue weighted by Crippen LogP contribution is 2.23. The second-order valence-electron chi connectivity index (χ2n) is 5.25. The summed E-state index contributed by atoms with van der Waals surface area (Å²) in [5.41, 5.74) is 1.18. The van der Waals surface area contributed by atoms with Gasteiger partial charge in [-0.05, 0) is 43.3 Å². The Kier molecular flexibility index (Phi) is 4.23. The van der Waals surface area contributed by atoms with E-state index in [0.29, 0.717) is 35.8 Å². The van der Waals surface area contributed by atoms with Gasteiger partial charge < -0.3 is 15.0 Å². The van der Waals surface area contributed by atoms with Gasteiger partial charge in [-0.3, -0.25) is 9.59 Å². The van der Waals surface area contributed by atoms with Crippen molar-refractivity contribution in [2.75, 3.05) is 18.1 Å². The molecule has 0 bridgehead atoms. The molecule has 0 saturated heterocycles. The number of nitrogens with zero attached hydrogens (tertiary/aromatic N) is 2. The van der Waals surface area contributed by atoms with Crippen molar-refractivity contribution in [1.82, 2.24) is 10.3 Å². The summed E-state index contributed by atoms with van der Waals surface area (Å²) in [6.07, 6.45) is 2.33. The molecule has 1 aliphatic heterocycles. The number of hydrogen-bond donors (Lipinski definition) is 1. The minimum Gasteiger partial charge on any atom is -0.492 e. The van der Waals surface area contributed by atoms with Crippen LogP contribution in [0.5, 0.6) is 5.75 Å². The molecule has 1 atom stereocenters. The van der Waals surface area contributed by atoms with Crippen LogP contribution in [-0.2, 0) is 0 Å². The first-order valence-electron chi connectivity index (χ1n) is 7.39. The number of carbonyl (C=O) groups is 2. The van der Waals surface area contributed by atoms with Crippen LogP contribution in [0, 0.1) is 0 Å². The third-order valence-electron chi connectivity index (χ3n) is 3.73. The Balaban J connectivity index is 1.66. The van der Waals surface area contributed by atoms with E-state index < -0.39 is 0 Å². The lowest BCUT2D eigenvalue weighted by molar-refractivity contribution is 0.0928. The molecule has 0 aliphatic carbocycles. The zero-order chi connectivity index (χ0) is 16.2. The highest BCUT2D eigenvalue weighted by molar-refractivity contribution is 6.00. The van der Waals surface area contributed by atoms with Crippen LogP contribution in [0.25, 0.3) is 0 Å². The summed E-state index contributed by atoms with van der Waals surface area (Å²) in [6.45, 7) is 2.94. The second kappa shape index (κ2) is 6.48. The summed E-state index contributed by atoms with van der Waals surface area (Å²) in [7, 11) is 0. The van der Waals surface area contributed by atoms with Crippen LogP contribution in [0.1, 0.15) is 27.6 Å². The molecule has 118 valence electrons. The SMILES string of the molecule is CC1NC(=O)c2cccnc2N1CCOc1ccc(C=O)cc1. The largest absolute Gasteiger partial charge is 0.492 e. The number of pyridine rings is 1. The number of benzene rings is 1. The third-order valence-corrected chi connectivity index (χ3v) is 3.73. The van der Waals surface area contributed by atoms with Crippen molar-refractivity contribution in [3.8, 4) is 5.75 Å². The Hall–Kier alpha value is -2.89. The molecule has 0 saturated carbocycles. The molecule has 6 nitrogen and oxygen atoms in total. The van der Waals surface area contributed by atoms with Crippen LogP contribution in [0.2, 0.25) is 0 Å². The summed E-state index contributed by atoms with van der Waals surface area (Å²) < 4.78 is 5.70. The Morgan fingerprint density at radius 3 is 2.83 bits per heavy atom. The molecule has 1 aliphatic rings. The Morgan fingerprint density at radius 2 is 2.09 bits per heavy atom. The fraction of sp³-hybridized carbons (Fsp3) is 0.235. The summed E-state index contributed by atoms with van der Waals surface area (Å²) in [6, 6.07) is 10.5. The molecule has 1 N–H and O–H groups in total. The van der Waals surface area contributed by atoms with Crippen molar-refractivity contribution in [3.63, 3.8) is 0 Å². The molecule has 1 amide bonds. The zero-order valence-electron chi connectivity index (χ0n) is 12.7. The highest BCUT2D eigenvalue weighted by atomic mass is 16.5. The molecule has 2 aromatic rings. The lowest BCUT2D eigenvalue weighted by Gasteiger charge is -2.35. The van der Waals surface area contributed by atoms with E-state index in [1.807, 2.05) is 11.8 Å². The van der Waals surface area contributed by atoms with Crippen molar-refractivity contribution in [2.24, 2.45) is 0 Å². The van der Waals surface area contributed by atoms with Crippen molar-refractivity contribution in [3.05, 3.63) is 53.7 Å². The van der Waals surface area contributed by atoms with E-state index in [0.717, 1.165) is 6.29 Å². The first-order valence-corrected chi connectivity index (χ1v) is 7.39. The van der Waals surface area contributed by atoms with Gasteiger partial charge in [-0.15, -0.1) is 0 Å². The smallest absolute Gasteiger partial charge is 0.256 e. The number of nitrogens with one attached hydrogen (secondary N) is 1. The molecule has 1 aromatic carbocycles. The predicted molar refractivity (Wildman–Crippen MR) is 85.8 cm³/mol. The number of aldehydes is 1. The summed E-state index contributed by atoms with van der Waals surface area (Å²) in [4.78, 5) is 28.9. The van der Waals surface area contributed by atoms with Crippen molar-refractivity contribution in [1.29, 1.82) is 0 Å². The van der Waals surface area contributed by atoms with Gasteiger partial charge in [0, 0.05) is 11.8 Å². The van der Waals surface area contributed by atoms with E-state index in [4.69, 9.17) is 4.74 Å². The lowest BCUT2D eigenvalue weighted by Crippen LogP contribution is -2.52. The Labute approximate surface area is 134 Å². The molecule has 0 radical (unpaired) electrons. The normalized spacial score (nSPS) is 16.5. The first kappa shape index (κ1) is 15.0. The van der Waals surface area contributed by atoms with E-state index in [1.165, 1.54) is 0 Å². The number of hydrogen-bond acceptors (Lipinski definition) is 5. The highest BCUT2D eigenvalue weighted by Gasteiger charge is 2.28. The van der Waals surface area contributed by atoms with E-state index in [9.17, 15) is 9.59 Å². The van der Waals surface area contributed by atoms with Gasteiger partial charge in [0.1, 0.15) is 30.6 Å². The van der Waals surface area contributed by atoms with Gasteiger partial charge in [0.2, 0.25) is 0 Å². The van der Waals surface area contributed by atoms with E-state index in [-0.39, 0.29) is 12.1 Å². The molecule has 23 heavy (non-hydrogen) atoms. The summed E-state index contributed by atoms with van der Waals surface area (Å²) in [5, 5.41) is 2.90. The van der Waals surface area contributed by atoms with Gasteiger partial charge in [-0.25, -0.2) is 4.98 Å². The number of anilines is 1. The summed E-state index contributed by atoms with van der Waals surface area (Å²) in [5.74, 6) is 1.26. The maximum Gasteiger partial charge on any atom is 0.256 e.